The largest absolute Gasteiger partial charge is 0.507 e. The van der Waals surface area contributed by atoms with Crippen molar-refractivity contribution in [2.45, 2.75) is 39.5 Å². The van der Waals surface area contributed by atoms with E-state index in [0.29, 0.717) is 18.2 Å². The van der Waals surface area contributed by atoms with Crippen molar-refractivity contribution in [3.63, 3.8) is 0 Å². The van der Waals surface area contributed by atoms with Gasteiger partial charge >= 0.3 is 6.03 Å². The van der Waals surface area contributed by atoms with E-state index in [1.165, 1.54) is 0 Å². The van der Waals surface area contributed by atoms with Crippen LogP contribution in [-0.4, -0.2) is 48.9 Å². The van der Waals surface area contributed by atoms with Gasteiger partial charge in [-0.25, -0.2) is 4.79 Å². The molecule has 3 rings (SSSR count). The van der Waals surface area contributed by atoms with Crippen molar-refractivity contribution in [2.24, 2.45) is 11.8 Å². The number of amides is 2. The van der Waals surface area contributed by atoms with E-state index in [0.717, 1.165) is 74.6 Å². The number of phenols is 1. The SMILES string of the molecule is Cc1cc(CCNC(=O)N2CCC(C3CCOCC3)C2)cc(C)c1O. The molecular formula is C20H30N2O3. The number of phenolic OH excluding ortho intramolecular Hbond substituents is 1. The number of hydrogen-bond donors (Lipinski definition) is 2. The first-order valence-electron chi connectivity index (χ1n) is 9.44. The molecule has 138 valence electrons. The molecule has 1 atom stereocenters. The monoisotopic (exact) mass is 346 g/mol. The Bertz CT molecular complexity index is 588. The van der Waals surface area contributed by atoms with Gasteiger partial charge in [-0.2, -0.15) is 0 Å². The maximum absolute atomic E-state index is 12.4. The lowest BCUT2D eigenvalue weighted by atomic mass is 9.85. The van der Waals surface area contributed by atoms with E-state index < -0.39 is 0 Å². The number of carbonyl (C=O) groups excluding carboxylic acids is 1. The normalized spacial score (nSPS) is 21.5. The number of ether oxygens (including phenoxy) is 1. The zero-order chi connectivity index (χ0) is 17.8. The molecule has 0 aliphatic carbocycles. The number of urea groups is 1. The highest BCUT2D eigenvalue weighted by Gasteiger charge is 2.32. The Balaban J connectivity index is 1.44. The van der Waals surface area contributed by atoms with E-state index >= 15 is 0 Å². The quantitative estimate of drug-likeness (QED) is 0.881. The molecule has 0 aromatic heterocycles. The van der Waals surface area contributed by atoms with Crippen molar-refractivity contribution in [2.75, 3.05) is 32.8 Å². The van der Waals surface area contributed by atoms with Gasteiger partial charge in [-0.15, -0.1) is 0 Å². The maximum atomic E-state index is 12.4. The Morgan fingerprint density at radius 2 is 1.88 bits per heavy atom. The van der Waals surface area contributed by atoms with Crippen LogP contribution in [0.3, 0.4) is 0 Å². The minimum Gasteiger partial charge on any atom is -0.507 e. The fourth-order valence-electron chi connectivity index (χ4n) is 4.16. The molecule has 2 aliphatic heterocycles. The summed E-state index contributed by atoms with van der Waals surface area (Å²) in [6.07, 6.45) is 4.18. The van der Waals surface area contributed by atoms with Crippen molar-refractivity contribution >= 4 is 6.03 Å². The minimum absolute atomic E-state index is 0.0572. The minimum atomic E-state index is 0.0572. The number of aromatic hydroxyl groups is 1. The summed E-state index contributed by atoms with van der Waals surface area (Å²) in [7, 11) is 0. The summed E-state index contributed by atoms with van der Waals surface area (Å²) < 4.78 is 5.44. The van der Waals surface area contributed by atoms with Crippen molar-refractivity contribution in [3.8, 4) is 5.75 Å². The van der Waals surface area contributed by atoms with Gasteiger partial charge in [-0.3, -0.25) is 0 Å². The summed E-state index contributed by atoms with van der Waals surface area (Å²) in [5, 5.41) is 12.9. The van der Waals surface area contributed by atoms with Gasteiger partial charge in [-0.05, 0) is 68.1 Å². The maximum Gasteiger partial charge on any atom is 0.317 e. The first-order valence-corrected chi connectivity index (χ1v) is 9.44. The summed E-state index contributed by atoms with van der Waals surface area (Å²) in [5.74, 6) is 1.72. The predicted octanol–water partition coefficient (Wildman–Crippen LogP) is 3.01. The molecule has 2 amide bonds. The lowest BCUT2D eigenvalue weighted by Gasteiger charge is -2.27. The zero-order valence-corrected chi connectivity index (χ0v) is 15.4. The lowest BCUT2D eigenvalue weighted by Crippen LogP contribution is -2.40. The van der Waals surface area contributed by atoms with Crippen LogP contribution < -0.4 is 5.32 Å². The Morgan fingerprint density at radius 1 is 1.20 bits per heavy atom. The first-order chi connectivity index (χ1) is 12.0. The van der Waals surface area contributed by atoms with Crippen LogP contribution in [0.4, 0.5) is 4.79 Å². The summed E-state index contributed by atoms with van der Waals surface area (Å²) in [6, 6.07) is 4.04. The van der Waals surface area contributed by atoms with Crippen molar-refractivity contribution < 1.29 is 14.6 Å². The number of aryl methyl sites for hydroxylation is 2. The van der Waals surface area contributed by atoms with Gasteiger partial charge in [0, 0.05) is 32.8 Å². The standard InChI is InChI=1S/C20H30N2O3/c1-14-11-16(12-15(2)19(14)23)3-7-21-20(24)22-8-4-18(13-22)17-5-9-25-10-6-17/h11-12,17-18,23H,3-10,13H2,1-2H3,(H,21,24). The van der Waals surface area contributed by atoms with E-state index in [2.05, 4.69) is 5.32 Å². The van der Waals surface area contributed by atoms with Gasteiger partial charge in [0.2, 0.25) is 0 Å². The summed E-state index contributed by atoms with van der Waals surface area (Å²) in [4.78, 5) is 14.4. The van der Waals surface area contributed by atoms with E-state index in [-0.39, 0.29) is 6.03 Å². The van der Waals surface area contributed by atoms with Crippen molar-refractivity contribution in [1.82, 2.24) is 10.2 Å². The Morgan fingerprint density at radius 3 is 2.56 bits per heavy atom. The number of hydrogen-bond acceptors (Lipinski definition) is 3. The van der Waals surface area contributed by atoms with E-state index in [4.69, 9.17) is 4.74 Å². The van der Waals surface area contributed by atoms with Gasteiger partial charge in [0.05, 0.1) is 0 Å². The average molecular weight is 346 g/mol. The van der Waals surface area contributed by atoms with Crippen LogP contribution in [0.5, 0.6) is 5.75 Å². The molecule has 25 heavy (non-hydrogen) atoms. The molecule has 2 N–H and O–H groups in total. The third-order valence-corrected chi connectivity index (χ3v) is 5.69. The van der Waals surface area contributed by atoms with Crippen LogP contribution in [0.2, 0.25) is 0 Å². The molecule has 2 heterocycles. The second-order valence-corrected chi connectivity index (χ2v) is 7.50. The van der Waals surface area contributed by atoms with Crippen LogP contribution in [0.25, 0.3) is 0 Å². The molecular weight excluding hydrogens is 316 g/mol. The van der Waals surface area contributed by atoms with Crippen LogP contribution in [0, 0.1) is 25.7 Å². The molecule has 0 bridgehead atoms. The number of nitrogens with one attached hydrogen (secondary N) is 1. The van der Waals surface area contributed by atoms with Gasteiger partial charge in [-0.1, -0.05) is 12.1 Å². The molecule has 0 spiro atoms. The van der Waals surface area contributed by atoms with Crippen LogP contribution >= 0.6 is 0 Å². The van der Waals surface area contributed by atoms with E-state index in [9.17, 15) is 9.90 Å². The Labute approximate surface area is 150 Å². The molecule has 2 saturated heterocycles. The summed E-state index contributed by atoms with van der Waals surface area (Å²) in [6.45, 7) is 7.94. The van der Waals surface area contributed by atoms with Gasteiger partial charge in [0.15, 0.2) is 0 Å². The second-order valence-electron chi connectivity index (χ2n) is 7.50. The predicted molar refractivity (Wildman–Crippen MR) is 97.9 cm³/mol. The van der Waals surface area contributed by atoms with Crippen molar-refractivity contribution in [3.05, 3.63) is 28.8 Å². The zero-order valence-electron chi connectivity index (χ0n) is 15.4. The second kappa shape index (κ2) is 8.09. The van der Waals surface area contributed by atoms with E-state index in [1.54, 1.807) is 0 Å². The Hall–Kier alpha value is -1.75. The third-order valence-electron chi connectivity index (χ3n) is 5.69. The van der Waals surface area contributed by atoms with Crippen LogP contribution in [0.1, 0.15) is 36.0 Å². The van der Waals surface area contributed by atoms with Crippen molar-refractivity contribution in [1.29, 1.82) is 0 Å². The molecule has 0 radical (unpaired) electrons. The van der Waals surface area contributed by atoms with Crippen LogP contribution in [-0.2, 0) is 11.2 Å². The highest BCUT2D eigenvalue weighted by atomic mass is 16.5. The fraction of sp³-hybridized carbons (Fsp3) is 0.650. The first kappa shape index (κ1) is 18.1. The molecule has 1 aromatic rings. The Kier molecular flexibility index (Phi) is 5.84. The third kappa shape index (κ3) is 4.46. The molecule has 2 fully saturated rings. The number of rotatable bonds is 4. The molecule has 1 aromatic carbocycles. The summed E-state index contributed by atoms with van der Waals surface area (Å²) >= 11 is 0. The fourth-order valence-corrected chi connectivity index (χ4v) is 4.16. The van der Waals surface area contributed by atoms with Gasteiger partial charge in [0.1, 0.15) is 5.75 Å². The number of likely N-dealkylation sites (tertiary alicyclic amines) is 1. The average Bonchev–Trinajstić information content (AvgIpc) is 3.10. The highest BCUT2D eigenvalue weighted by molar-refractivity contribution is 5.74. The molecule has 5 heteroatoms. The molecule has 2 aliphatic rings. The number of carbonyl (C=O) groups is 1. The van der Waals surface area contributed by atoms with Gasteiger partial charge in [0.25, 0.3) is 0 Å². The smallest absolute Gasteiger partial charge is 0.317 e. The number of benzene rings is 1. The topological polar surface area (TPSA) is 61.8 Å². The highest BCUT2D eigenvalue weighted by Crippen LogP contribution is 2.31. The molecule has 0 saturated carbocycles. The van der Waals surface area contributed by atoms with Crippen LogP contribution in [0.15, 0.2) is 12.1 Å². The molecule has 5 nitrogen and oxygen atoms in total. The van der Waals surface area contributed by atoms with Gasteiger partial charge < -0.3 is 20.1 Å². The lowest BCUT2D eigenvalue weighted by molar-refractivity contribution is 0.0484. The van der Waals surface area contributed by atoms with E-state index in [1.807, 2.05) is 30.9 Å². The molecule has 1 unspecified atom stereocenters. The number of nitrogens with zero attached hydrogens (tertiary/aromatic N) is 1. The summed E-state index contributed by atoms with van der Waals surface area (Å²) in [5.41, 5.74) is 2.93.